The van der Waals surface area contributed by atoms with E-state index in [1.165, 1.54) is 6.07 Å². The van der Waals surface area contributed by atoms with Crippen LogP contribution in [0, 0.1) is 0 Å². The molecular weight excluding hydrogens is 233 g/mol. The predicted molar refractivity (Wildman–Crippen MR) is 58.9 cm³/mol. The molecule has 2 rings (SSSR count). The van der Waals surface area contributed by atoms with Crippen molar-refractivity contribution >= 4 is 11.4 Å². The molecule has 0 bridgehead atoms. The van der Waals surface area contributed by atoms with E-state index in [0.29, 0.717) is 32.0 Å². The van der Waals surface area contributed by atoms with Gasteiger partial charge >= 0.3 is 6.18 Å². The van der Waals surface area contributed by atoms with Crippen LogP contribution in [0.15, 0.2) is 18.2 Å². The highest BCUT2D eigenvalue weighted by Crippen LogP contribution is 2.34. The van der Waals surface area contributed by atoms with Gasteiger partial charge in [-0.3, -0.25) is 0 Å². The molecule has 1 aliphatic heterocycles. The lowest BCUT2D eigenvalue weighted by Gasteiger charge is -2.30. The lowest BCUT2D eigenvalue weighted by molar-refractivity contribution is -0.137. The standard InChI is InChI=1S/C11H13F3N2O/c12-11(13,14)8-1-2-10(9(15)7-8)16-3-5-17-6-4-16/h1-2,7H,3-6,15H2. The van der Waals surface area contributed by atoms with Gasteiger partial charge in [0.1, 0.15) is 0 Å². The Hall–Kier alpha value is -1.43. The van der Waals surface area contributed by atoms with E-state index in [1.807, 2.05) is 4.90 Å². The number of anilines is 2. The van der Waals surface area contributed by atoms with Crippen LogP contribution in [0.3, 0.4) is 0 Å². The lowest BCUT2D eigenvalue weighted by Crippen LogP contribution is -2.36. The summed E-state index contributed by atoms with van der Waals surface area (Å²) in [6.45, 7) is 2.44. The van der Waals surface area contributed by atoms with Crippen LogP contribution in [-0.2, 0) is 10.9 Å². The zero-order valence-corrected chi connectivity index (χ0v) is 9.13. The molecule has 0 saturated carbocycles. The van der Waals surface area contributed by atoms with Crippen LogP contribution in [0.2, 0.25) is 0 Å². The van der Waals surface area contributed by atoms with Gasteiger partial charge in [-0.15, -0.1) is 0 Å². The van der Waals surface area contributed by atoms with Crippen molar-refractivity contribution in [3.8, 4) is 0 Å². The van der Waals surface area contributed by atoms with Gasteiger partial charge in [0, 0.05) is 13.1 Å². The Morgan fingerprint density at radius 3 is 2.35 bits per heavy atom. The molecule has 1 aromatic carbocycles. The topological polar surface area (TPSA) is 38.5 Å². The second-order valence-electron chi connectivity index (χ2n) is 3.87. The number of ether oxygens (including phenoxy) is 1. The number of alkyl halides is 3. The molecular formula is C11H13F3N2O. The van der Waals surface area contributed by atoms with E-state index in [9.17, 15) is 13.2 Å². The first kappa shape index (κ1) is 12.0. The molecule has 17 heavy (non-hydrogen) atoms. The largest absolute Gasteiger partial charge is 0.416 e. The molecule has 94 valence electrons. The van der Waals surface area contributed by atoms with Gasteiger partial charge in [-0.2, -0.15) is 13.2 Å². The maximum atomic E-state index is 12.5. The minimum atomic E-state index is -4.35. The summed E-state index contributed by atoms with van der Waals surface area (Å²) < 4.78 is 42.5. The molecule has 0 atom stereocenters. The average Bonchev–Trinajstić information content (AvgIpc) is 2.29. The third-order valence-corrected chi connectivity index (χ3v) is 2.71. The van der Waals surface area contributed by atoms with Gasteiger partial charge in [0.05, 0.1) is 30.2 Å². The van der Waals surface area contributed by atoms with Crippen LogP contribution in [0.4, 0.5) is 24.5 Å². The van der Waals surface area contributed by atoms with Crippen molar-refractivity contribution in [2.45, 2.75) is 6.18 Å². The molecule has 1 aliphatic rings. The summed E-state index contributed by atoms with van der Waals surface area (Å²) in [6.07, 6.45) is -4.35. The fraction of sp³-hybridized carbons (Fsp3) is 0.455. The molecule has 1 fully saturated rings. The Balaban J connectivity index is 2.25. The number of nitrogens with zero attached hydrogens (tertiary/aromatic N) is 1. The molecule has 1 heterocycles. The Morgan fingerprint density at radius 1 is 1.18 bits per heavy atom. The maximum absolute atomic E-state index is 12.5. The fourth-order valence-electron chi connectivity index (χ4n) is 1.82. The Kier molecular flexibility index (Phi) is 3.15. The molecule has 0 amide bonds. The smallest absolute Gasteiger partial charge is 0.397 e. The van der Waals surface area contributed by atoms with Crippen molar-refractivity contribution < 1.29 is 17.9 Å². The van der Waals surface area contributed by atoms with Gasteiger partial charge < -0.3 is 15.4 Å². The second-order valence-corrected chi connectivity index (χ2v) is 3.87. The quantitative estimate of drug-likeness (QED) is 0.771. The van der Waals surface area contributed by atoms with Crippen molar-refractivity contribution in [3.63, 3.8) is 0 Å². The first-order valence-electron chi connectivity index (χ1n) is 5.28. The highest BCUT2D eigenvalue weighted by molar-refractivity contribution is 5.68. The number of hydrogen-bond acceptors (Lipinski definition) is 3. The van der Waals surface area contributed by atoms with E-state index in [0.717, 1.165) is 12.1 Å². The molecule has 0 aromatic heterocycles. The highest BCUT2D eigenvalue weighted by Gasteiger charge is 2.31. The monoisotopic (exact) mass is 246 g/mol. The summed E-state index contributed by atoms with van der Waals surface area (Å²) in [7, 11) is 0. The second kappa shape index (κ2) is 4.44. The normalized spacial score (nSPS) is 17.2. The zero-order chi connectivity index (χ0) is 12.5. The van der Waals surface area contributed by atoms with Crippen LogP contribution in [-0.4, -0.2) is 26.3 Å². The number of nitrogens with two attached hydrogens (primary N) is 1. The fourth-order valence-corrected chi connectivity index (χ4v) is 1.82. The summed E-state index contributed by atoms with van der Waals surface area (Å²) in [4.78, 5) is 1.93. The van der Waals surface area contributed by atoms with Gasteiger partial charge in [0.25, 0.3) is 0 Å². The number of halogens is 3. The molecule has 0 aliphatic carbocycles. The van der Waals surface area contributed by atoms with E-state index in [1.54, 1.807) is 0 Å². The lowest BCUT2D eigenvalue weighted by atomic mass is 10.1. The van der Waals surface area contributed by atoms with Crippen LogP contribution in [0.1, 0.15) is 5.56 Å². The Labute approximate surface area is 97.0 Å². The minimum Gasteiger partial charge on any atom is -0.397 e. The van der Waals surface area contributed by atoms with Crippen molar-refractivity contribution in [2.75, 3.05) is 36.9 Å². The van der Waals surface area contributed by atoms with Gasteiger partial charge in [-0.1, -0.05) is 0 Å². The zero-order valence-electron chi connectivity index (χ0n) is 9.13. The Bertz CT molecular complexity index is 400. The van der Waals surface area contributed by atoms with Gasteiger partial charge in [-0.05, 0) is 18.2 Å². The molecule has 1 saturated heterocycles. The van der Waals surface area contributed by atoms with Crippen LogP contribution < -0.4 is 10.6 Å². The molecule has 0 radical (unpaired) electrons. The summed E-state index contributed by atoms with van der Waals surface area (Å²) in [5.74, 6) is 0. The third-order valence-electron chi connectivity index (χ3n) is 2.71. The van der Waals surface area contributed by atoms with Crippen LogP contribution in [0.5, 0.6) is 0 Å². The number of benzene rings is 1. The van der Waals surface area contributed by atoms with E-state index in [2.05, 4.69) is 0 Å². The number of morpholine rings is 1. The average molecular weight is 246 g/mol. The van der Waals surface area contributed by atoms with Crippen molar-refractivity contribution in [3.05, 3.63) is 23.8 Å². The van der Waals surface area contributed by atoms with E-state index < -0.39 is 11.7 Å². The van der Waals surface area contributed by atoms with Gasteiger partial charge in [0.15, 0.2) is 0 Å². The van der Waals surface area contributed by atoms with Gasteiger partial charge in [-0.25, -0.2) is 0 Å². The molecule has 1 aromatic rings. The van der Waals surface area contributed by atoms with Crippen molar-refractivity contribution in [2.24, 2.45) is 0 Å². The van der Waals surface area contributed by atoms with E-state index in [-0.39, 0.29) is 5.69 Å². The van der Waals surface area contributed by atoms with E-state index in [4.69, 9.17) is 10.5 Å². The molecule has 3 nitrogen and oxygen atoms in total. The van der Waals surface area contributed by atoms with Crippen LogP contribution in [0.25, 0.3) is 0 Å². The summed E-state index contributed by atoms with van der Waals surface area (Å²) >= 11 is 0. The summed E-state index contributed by atoms with van der Waals surface area (Å²) in [5, 5.41) is 0. The first-order chi connectivity index (χ1) is 7.98. The minimum absolute atomic E-state index is 0.154. The maximum Gasteiger partial charge on any atom is 0.416 e. The predicted octanol–water partition coefficient (Wildman–Crippen LogP) is 2.12. The van der Waals surface area contributed by atoms with Gasteiger partial charge in [0.2, 0.25) is 0 Å². The highest BCUT2D eigenvalue weighted by atomic mass is 19.4. The molecule has 0 unspecified atom stereocenters. The first-order valence-corrected chi connectivity index (χ1v) is 5.28. The molecule has 6 heteroatoms. The Morgan fingerprint density at radius 2 is 1.82 bits per heavy atom. The van der Waals surface area contributed by atoms with E-state index >= 15 is 0 Å². The molecule has 2 N–H and O–H groups in total. The SMILES string of the molecule is Nc1cc(C(F)(F)F)ccc1N1CCOCC1. The van der Waals surface area contributed by atoms with Crippen LogP contribution >= 0.6 is 0 Å². The summed E-state index contributed by atoms with van der Waals surface area (Å²) in [5.41, 5.74) is 5.75. The third kappa shape index (κ3) is 2.63. The van der Waals surface area contributed by atoms with Crippen molar-refractivity contribution in [1.82, 2.24) is 0 Å². The number of hydrogen-bond donors (Lipinski definition) is 1. The number of rotatable bonds is 1. The number of nitrogen functional groups attached to an aromatic ring is 1. The summed E-state index contributed by atoms with van der Waals surface area (Å²) in [6, 6.07) is 3.45. The van der Waals surface area contributed by atoms with Crippen molar-refractivity contribution in [1.29, 1.82) is 0 Å². The molecule has 0 spiro atoms.